The van der Waals surface area contributed by atoms with Crippen molar-refractivity contribution in [1.82, 2.24) is 20.0 Å². The van der Waals surface area contributed by atoms with Crippen molar-refractivity contribution in [3.8, 4) is 0 Å². The highest BCUT2D eigenvalue weighted by molar-refractivity contribution is 5.96. The smallest absolute Gasteiger partial charge is 0.328 e. The third-order valence-electron chi connectivity index (χ3n) is 7.70. The van der Waals surface area contributed by atoms with Crippen LogP contribution in [-0.4, -0.2) is 96.9 Å². The fraction of sp³-hybridized carbons (Fsp3) is 0.786. The summed E-state index contributed by atoms with van der Waals surface area (Å²) in [6.07, 6.45) is 5.99. The van der Waals surface area contributed by atoms with E-state index in [1.54, 1.807) is 23.8 Å². The Balaban J connectivity index is 2.25. The van der Waals surface area contributed by atoms with E-state index in [1.165, 1.54) is 7.11 Å². The first kappa shape index (κ1) is 30.8. The van der Waals surface area contributed by atoms with E-state index in [9.17, 15) is 19.2 Å². The number of esters is 1. The molecule has 210 valence electrons. The molecule has 2 rings (SSSR count). The van der Waals surface area contributed by atoms with Gasteiger partial charge in [0.25, 0.3) is 0 Å². The average molecular weight is 521 g/mol. The number of likely N-dealkylation sites (N-methyl/N-ethyl adjacent to an activating group) is 2. The Morgan fingerprint density at radius 1 is 1.03 bits per heavy atom. The summed E-state index contributed by atoms with van der Waals surface area (Å²) in [6, 6.07) is -1.89. The SMILES string of the molecule is COC(=O)[C@@H]1CCCN1C(=O)/C(C)=C/C(C(C)C)N(C)C(=O)C(NC(=O)C1CCCCN1C)C(C)(C)C. The molecule has 0 radical (unpaired) electrons. The number of amides is 3. The number of carbonyl (C=O) groups excluding carboxylic acids is 4. The van der Waals surface area contributed by atoms with Gasteiger partial charge in [0.2, 0.25) is 17.7 Å². The molecule has 0 bridgehead atoms. The molecule has 3 amide bonds. The van der Waals surface area contributed by atoms with E-state index in [1.807, 2.05) is 47.7 Å². The summed E-state index contributed by atoms with van der Waals surface area (Å²) in [4.78, 5) is 57.7. The molecule has 1 N–H and O–H groups in total. The fourth-order valence-electron chi connectivity index (χ4n) is 5.34. The quantitative estimate of drug-likeness (QED) is 0.390. The van der Waals surface area contributed by atoms with E-state index in [0.717, 1.165) is 32.2 Å². The second kappa shape index (κ2) is 12.9. The minimum Gasteiger partial charge on any atom is -0.467 e. The predicted molar refractivity (Wildman–Crippen MR) is 144 cm³/mol. The number of rotatable bonds is 8. The number of hydrogen-bond acceptors (Lipinski definition) is 6. The average Bonchev–Trinajstić information content (AvgIpc) is 3.33. The lowest BCUT2D eigenvalue weighted by atomic mass is 9.84. The summed E-state index contributed by atoms with van der Waals surface area (Å²) in [5.41, 5.74) is -0.0255. The van der Waals surface area contributed by atoms with E-state index in [0.29, 0.717) is 18.5 Å². The lowest BCUT2D eigenvalue weighted by Crippen LogP contribution is -2.59. The molecule has 9 heteroatoms. The van der Waals surface area contributed by atoms with Gasteiger partial charge in [0.15, 0.2) is 0 Å². The number of piperidine rings is 1. The Bertz CT molecular complexity index is 878. The van der Waals surface area contributed by atoms with Gasteiger partial charge in [0.05, 0.1) is 19.2 Å². The highest BCUT2D eigenvalue weighted by Crippen LogP contribution is 2.26. The van der Waals surface area contributed by atoms with Gasteiger partial charge in [-0.25, -0.2) is 4.79 Å². The van der Waals surface area contributed by atoms with Crippen LogP contribution >= 0.6 is 0 Å². The van der Waals surface area contributed by atoms with Crippen molar-refractivity contribution in [2.45, 2.75) is 97.8 Å². The maximum atomic E-state index is 13.8. The Morgan fingerprint density at radius 2 is 1.65 bits per heavy atom. The Kier molecular flexibility index (Phi) is 10.7. The van der Waals surface area contributed by atoms with Crippen LogP contribution in [-0.2, 0) is 23.9 Å². The number of nitrogens with zero attached hydrogens (tertiary/aromatic N) is 3. The molecule has 3 unspecified atom stereocenters. The normalized spacial score (nSPS) is 23.0. The first-order valence-electron chi connectivity index (χ1n) is 13.5. The number of hydrogen-bond donors (Lipinski definition) is 1. The number of likely N-dealkylation sites (tertiary alicyclic amines) is 2. The lowest BCUT2D eigenvalue weighted by Gasteiger charge is -2.39. The van der Waals surface area contributed by atoms with Gasteiger partial charge in [-0.3, -0.25) is 19.3 Å². The standard InChI is InChI=1S/C28H48N4O5/c1-18(2)22(17-19(3)25(34)32-16-12-14-21(32)27(36)37-9)31(8)26(35)23(28(4,5)6)29-24(33)20-13-10-11-15-30(20)7/h17-18,20-23H,10-16H2,1-9H3,(H,29,33)/b19-17+/t20?,21-,22?,23?/m0/s1. The number of methoxy groups -OCH3 is 1. The third kappa shape index (κ3) is 7.55. The largest absolute Gasteiger partial charge is 0.467 e. The number of carbonyl (C=O) groups is 4. The first-order valence-corrected chi connectivity index (χ1v) is 13.5. The monoisotopic (exact) mass is 520 g/mol. The van der Waals surface area contributed by atoms with Gasteiger partial charge < -0.3 is 19.9 Å². The van der Waals surface area contributed by atoms with Gasteiger partial charge in [0, 0.05) is 19.2 Å². The molecule has 2 heterocycles. The molecule has 4 atom stereocenters. The van der Waals surface area contributed by atoms with Crippen LogP contribution in [0.25, 0.3) is 0 Å². The summed E-state index contributed by atoms with van der Waals surface area (Å²) < 4.78 is 4.88. The van der Waals surface area contributed by atoms with Gasteiger partial charge in [-0.1, -0.05) is 47.1 Å². The van der Waals surface area contributed by atoms with Crippen molar-refractivity contribution < 1.29 is 23.9 Å². The van der Waals surface area contributed by atoms with Gasteiger partial charge in [-0.15, -0.1) is 0 Å². The molecule has 0 aliphatic carbocycles. The van der Waals surface area contributed by atoms with Crippen LogP contribution in [0.1, 0.15) is 73.6 Å². The van der Waals surface area contributed by atoms with Crippen LogP contribution in [0, 0.1) is 11.3 Å². The Hall–Kier alpha value is -2.42. The molecule has 0 aromatic rings. The van der Waals surface area contributed by atoms with Crippen molar-refractivity contribution >= 4 is 23.7 Å². The zero-order valence-electron chi connectivity index (χ0n) is 24.3. The van der Waals surface area contributed by atoms with Crippen LogP contribution in [0.3, 0.4) is 0 Å². The molecule has 2 saturated heterocycles. The molecular weight excluding hydrogens is 472 g/mol. The van der Waals surface area contributed by atoms with E-state index >= 15 is 0 Å². The minimum absolute atomic E-state index is 0.0208. The van der Waals surface area contributed by atoms with E-state index in [4.69, 9.17) is 4.74 Å². The topological polar surface area (TPSA) is 99.3 Å². The second-order valence-corrected chi connectivity index (χ2v) is 12.0. The Labute approximate surface area is 222 Å². The zero-order valence-corrected chi connectivity index (χ0v) is 24.3. The van der Waals surface area contributed by atoms with Crippen molar-refractivity contribution in [3.63, 3.8) is 0 Å². The highest BCUT2D eigenvalue weighted by Gasteiger charge is 2.40. The van der Waals surface area contributed by atoms with Crippen molar-refractivity contribution in [2.75, 3.05) is 34.3 Å². The molecule has 0 aromatic carbocycles. The minimum atomic E-state index is -0.715. The van der Waals surface area contributed by atoms with Crippen LogP contribution in [0.2, 0.25) is 0 Å². The summed E-state index contributed by atoms with van der Waals surface area (Å²) in [5.74, 6) is -0.913. The third-order valence-corrected chi connectivity index (χ3v) is 7.70. The highest BCUT2D eigenvalue weighted by atomic mass is 16.5. The molecule has 0 saturated carbocycles. The van der Waals surface area contributed by atoms with E-state index in [2.05, 4.69) is 10.2 Å². The van der Waals surface area contributed by atoms with Crippen molar-refractivity contribution in [2.24, 2.45) is 11.3 Å². The fourth-order valence-corrected chi connectivity index (χ4v) is 5.34. The van der Waals surface area contributed by atoms with Crippen LogP contribution in [0.5, 0.6) is 0 Å². The van der Waals surface area contributed by atoms with Gasteiger partial charge in [-0.05, 0) is 57.5 Å². The van der Waals surface area contributed by atoms with Gasteiger partial charge in [0.1, 0.15) is 12.1 Å². The molecule has 9 nitrogen and oxygen atoms in total. The lowest BCUT2D eigenvalue weighted by molar-refractivity contribution is -0.149. The number of nitrogens with one attached hydrogen (secondary N) is 1. The zero-order chi connectivity index (χ0) is 28.1. The van der Waals surface area contributed by atoms with E-state index < -0.39 is 23.5 Å². The molecule has 37 heavy (non-hydrogen) atoms. The maximum absolute atomic E-state index is 13.8. The van der Waals surface area contributed by atoms with Crippen molar-refractivity contribution in [1.29, 1.82) is 0 Å². The molecule has 2 aliphatic rings. The summed E-state index contributed by atoms with van der Waals surface area (Å²) in [7, 11) is 5.01. The predicted octanol–water partition coefficient (Wildman–Crippen LogP) is 2.59. The molecule has 0 aromatic heterocycles. The maximum Gasteiger partial charge on any atom is 0.328 e. The summed E-state index contributed by atoms with van der Waals surface area (Å²) in [6.45, 7) is 12.9. The second-order valence-electron chi connectivity index (χ2n) is 12.0. The summed E-state index contributed by atoms with van der Waals surface area (Å²) >= 11 is 0. The van der Waals surface area contributed by atoms with Gasteiger partial charge >= 0.3 is 5.97 Å². The van der Waals surface area contributed by atoms with Crippen LogP contribution < -0.4 is 5.32 Å². The number of ether oxygens (including phenoxy) is 1. The first-order chi connectivity index (χ1) is 17.2. The van der Waals surface area contributed by atoms with E-state index in [-0.39, 0.29) is 35.7 Å². The molecule has 0 spiro atoms. The van der Waals surface area contributed by atoms with Crippen molar-refractivity contribution in [3.05, 3.63) is 11.6 Å². The van der Waals surface area contributed by atoms with Crippen LogP contribution in [0.15, 0.2) is 11.6 Å². The summed E-state index contributed by atoms with van der Waals surface area (Å²) in [5, 5.41) is 3.06. The van der Waals surface area contributed by atoms with Crippen LogP contribution in [0.4, 0.5) is 0 Å². The Morgan fingerprint density at radius 3 is 2.19 bits per heavy atom. The van der Waals surface area contributed by atoms with Gasteiger partial charge in [-0.2, -0.15) is 0 Å². The molecule has 2 aliphatic heterocycles. The molecule has 2 fully saturated rings. The molecular formula is C28H48N4O5.